The highest BCUT2D eigenvalue weighted by Crippen LogP contribution is 2.22. The molecule has 0 bridgehead atoms. The first-order valence-electron chi connectivity index (χ1n) is 8.80. The fourth-order valence-electron chi connectivity index (χ4n) is 3.79. The van der Waals surface area contributed by atoms with E-state index in [1.165, 1.54) is 58.5 Å². The van der Waals surface area contributed by atoms with Crippen molar-refractivity contribution in [3.63, 3.8) is 0 Å². The molecule has 3 nitrogen and oxygen atoms in total. The van der Waals surface area contributed by atoms with E-state index in [-0.39, 0.29) is 0 Å². The van der Waals surface area contributed by atoms with Crippen LogP contribution in [0.25, 0.3) is 0 Å². The van der Waals surface area contributed by atoms with Gasteiger partial charge in [0.2, 0.25) is 0 Å². The molecule has 2 aliphatic heterocycles. The SMILES string of the molecule is CCN1CCC(C(C)NCC2CCN(C(C)C)C2)CC1. The second kappa shape index (κ2) is 7.77. The van der Waals surface area contributed by atoms with Gasteiger partial charge in [0.05, 0.1) is 0 Å². The Hall–Kier alpha value is -0.120. The standard InChI is InChI=1S/C17H35N3/c1-5-19-9-7-17(8-10-19)15(4)18-12-16-6-11-20(13-16)14(2)3/h14-18H,5-13H2,1-4H3. The Labute approximate surface area is 126 Å². The Morgan fingerprint density at radius 2 is 1.75 bits per heavy atom. The number of likely N-dealkylation sites (tertiary alicyclic amines) is 2. The summed E-state index contributed by atoms with van der Waals surface area (Å²) in [6.45, 7) is 17.0. The second-order valence-electron chi connectivity index (χ2n) is 7.21. The minimum atomic E-state index is 0.696. The van der Waals surface area contributed by atoms with Gasteiger partial charge in [-0.15, -0.1) is 0 Å². The van der Waals surface area contributed by atoms with Crippen molar-refractivity contribution >= 4 is 0 Å². The summed E-state index contributed by atoms with van der Waals surface area (Å²) >= 11 is 0. The molecule has 0 radical (unpaired) electrons. The van der Waals surface area contributed by atoms with Crippen LogP contribution in [0.1, 0.15) is 47.0 Å². The van der Waals surface area contributed by atoms with Gasteiger partial charge < -0.3 is 15.1 Å². The van der Waals surface area contributed by atoms with Crippen molar-refractivity contribution in [2.45, 2.75) is 59.0 Å². The van der Waals surface area contributed by atoms with Crippen molar-refractivity contribution in [2.24, 2.45) is 11.8 Å². The summed E-state index contributed by atoms with van der Waals surface area (Å²) in [6.07, 6.45) is 4.14. The molecule has 2 aliphatic rings. The molecule has 0 saturated carbocycles. The first-order valence-corrected chi connectivity index (χ1v) is 8.80. The number of piperidine rings is 1. The Morgan fingerprint density at radius 1 is 1.05 bits per heavy atom. The Morgan fingerprint density at radius 3 is 2.30 bits per heavy atom. The molecular weight excluding hydrogens is 246 g/mol. The molecule has 2 fully saturated rings. The van der Waals surface area contributed by atoms with Gasteiger partial charge in [0.1, 0.15) is 0 Å². The maximum atomic E-state index is 3.84. The summed E-state index contributed by atoms with van der Waals surface area (Å²) in [6, 6.07) is 1.41. The zero-order chi connectivity index (χ0) is 14.5. The lowest BCUT2D eigenvalue weighted by Crippen LogP contribution is -2.43. The van der Waals surface area contributed by atoms with Crippen molar-refractivity contribution in [1.82, 2.24) is 15.1 Å². The van der Waals surface area contributed by atoms with E-state index in [1.54, 1.807) is 0 Å². The molecule has 0 amide bonds. The molecule has 2 heterocycles. The van der Waals surface area contributed by atoms with Gasteiger partial charge >= 0.3 is 0 Å². The van der Waals surface area contributed by atoms with Crippen LogP contribution in [0, 0.1) is 11.8 Å². The van der Waals surface area contributed by atoms with Crippen LogP contribution in [-0.4, -0.2) is 61.2 Å². The minimum absolute atomic E-state index is 0.696. The van der Waals surface area contributed by atoms with E-state index in [0.29, 0.717) is 6.04 Å². The van der Waals surface area contributed by atoms with Crippen molar-refractivity contribution in [3.8, 4) is 0 Å². The van der Waals surface area contributed by atoms with Gasteiger partial charge in [0.15, 0.2) is 0 Å². The molecule has 118 valence electrons. The van der Waals surface area contributed by atoms with E-state index in [1.807, 2.05) is 0 Å². The molecule has 1 N–H and O–H groups in total. The highest BCUT2D eigenvalue weighted by Gasteiger charge is 2.26. The molecule has 3 heteroatoms. The van der Waals surface area contributed by atoms with Crippen LogP contribution in [-0.2, 0) is 0 Å². The van der Waals surface area contributed by atoms with Crippen LogP contribution in [0.4, 0.5) is 0 Å². The summed E-state index contributed by atoms with van der Waals surface area (Å²) in [4.78, 5) is 5.21. The van der Waals surface area contributed by atoms with E-state index in [2.05, 4.69) is 42.8 Å². The van der Waals surface area contributed by atoms with Crippen LogP contribution in [0.5, 0.6) is 0 Å². The first-order chi connectivity index (χ1) is 9.60. The Bertz CT molecular complexity index is 271. The van der Waals surface area contributed by atoms with Gasteiger partial charge in [-0.2, -0.15) is 0 Å². The van der Waals surface area contributed by atoms with Crippen molar-refractivity contribution in [1.29, 1.82) is 0 Å². The lowest BCUT2D eigenvalue weighted by Gasteiger charge is -2.35. The topological polar surface area (TPSA) is 18.5 Å². The molecule has 2 unspecified atom stereocenters. The molecule has 0 spiro atoms. The van der Waals surface area contributed by atoms with Crippen LogP contribution in [0.15, 0.2) is 0 Å². The molecule has 20 heavy (non-hydrogen) atoms. The lowest BCUT2D eigenvalue weighted by atomic mass is 9.90. The van der Waals surface area contributed by atoms with Crippen molar-refractivity contribution in [2.75, 3.05) is 39.3 Å². The number of hydrogen-bond donors (Lipinski definition) is 1. The summed E-state index contributed by atoms with van der Waals surface area (Å²) in [5.41, 5.74) is 0. The molecule has 2 atom stereocenters. The summed E-state index contributed by atoms with van der Waals surface area (Å²) in [7, 11) is 0. The quantitative estimate of drug-likeness (QED) is 0.807. The molecule has 2 saturated heterocycles. The average molecular weight is 281 g/mol. The maximum absolute atomic E-state index is 3.84. The van der Waals surface area contributed by atoms with Crippen LogP contribution in [0.2, 0.25) is 0 Å². The summed E-state index contributed by atoms with van der Waals surface area (Å²) in [5.74, 6) is 1.76. The van der Waals surface area contributed by atoms with Crippen molar-refractivity contribution < 1.29 is 0 Å². The van der Waals surface area contributed by atoms with Gasteiger partial charge in [-0.3, -0.25) is 0 Å². The zero-order valence-corrected chi connectivity index (χ0v) is 14.1. The third-order valence-corrected chi connectivity index (χ3v) is 5.56. The van der Waals surface area contributed by atoms with E-state index >= 15 is 0 Å². The minimum Gasteiger partial charge on any atom is -0.314 e. The number of nitrogens with one attached hydrogen (secondary N) is 1. The zero-order valence-electron chi connectivity index (χ0n) is 14.1. The lowest BCUT2D eigenvalue weighted by molar-refractivity contribution is 0.166. The Balaban J connectivity index is 1.64. The van der Waals surface area contributed by atoms with E-state index in [4.69, 9.17) is 0 Å². The third-order valence-electron chi connectivity index (χ3n) is 5.56. The molecule has 0 aromatic carbocycles. The monoisotopic (exact) mass is 281 g/mol. The van der Waals surface area contributed by atoms with E-state index in [0.717, 1.165) is 17.9 Å². The van der Waals surface area contributed by atoms with Crippen molar-refractivity contribution in [3.05, 3.63) is 0 Å². The van der Waals surface area contributed by atoms with Gasteiger partial charge in [0, 0.05) is 18.6 Å². The van der Waals surface area contributed by atoms with Crippen LogP contribution < -0.4 is 5.32 Å². The fourth-order valence-corrected chi connectivity index (χ4v) is 3.79. The number of rotatable bonds is 6. The smallest absolute Gasteiger partial charge is 0.00680 e. The highest BCUT2D eigenvalue weighted by molar-refractivity contribution is 4.83. The third kappa shape index (κ3) is 4.44. The van der Waals surface area contributed by atoms with Gasteiger partial charge in [0.25, 0.3) is 0 Å². The molecule has 0 aromatic heterocycles. The average Bonchev–Trinajstić information content (AvgIpc) is 2.94. The highest BCUT2D eigenvalue weighted by atomic mass is 15.2. The number of hydrogen-bond acceptors (Lipinski definition) is 3. The molecular formula is C17H35N3. The molecule has 0 aromatic rings. The van der Waals surface area contributed by atoms with Crippen LogP contribution >= 0.6 is 0 Å². The van der Waals surface area contributed by atoms with Crippen LogP contribution in [0.3, 0.4) is 0 Å². The van der Waals surface area contributed by atoms with E-state index in [9.17, 15) is 0 Å². The fraction of sp³-hybridized carbons (Fsp3) is 1.00. The Kier molecular flexibility index (Phi) is 6.31. The van der Waals surface area contributed by atoms with Gasteiger partial charge in [-0.05, 0) is 84.6 Å². The normalized spacial score (nSPS) is 28.4. The van der Waals surface area contributed by atoms with Gasteiger partial charge in [-0.1, -0.05) is 6.92 Å². The largest absolute Gasteiger partial charge is 0.314 e. The summed E-state index contributed by atoms with van der Waals surface area (Å²) < 4.78 is 0. The molecule has 0 aliphatic carbocycles. The maximum Gasteiger partial charge on any atom is 0.00680 e. The second-order valence-corrected chi connectivity index (χ2v) is 7.21. The predicted molar refractivity (Wildman–Crippen MR) is 87.1 cm³/mol. The number of nitrogens with zero attached hydrogens (tertiary/aromatic N) is 2. The van der Waals surface area contributed by atoms with Gasteiger partial charge in [-0.25, -0.2) is 0 Å². The van der Waals surface area contributed by atoms with E-state index < -0.39 is 0 Å². The predicted octanol–water partition coefficient (Wildman–Crippen LogP) is 2.43. The first kappa shape index (κ1) is 16.3. The summed E-state index contributed by atoms with van der Waals surface area (Å²) in [5, 5.41) is 3.84. The molecule has 2 rings (SSSR count).